The summed E-state index contributed by atoms with van der Waals surface area (Å²) in [6.45, 7) is 0.648. The summed E-state index contributed by atoms with van der Waals surface area (Å²) in [7, 11) is 1.69. The normalized spacial score (nSPS) is 11.1. The monoisotopic (exact) mass is 337 g/mol. The molecule has 7 heteroatoms. The van der Waals surface area contributed by atoms with Crippen LogP contribution in [0.4, 0.5) is 5.13 Å². The van der Waals surface area contributed by atoms with Crippen LogP contribution in [0.1, 0.15) is 21.6 Å². The summed E-state index contributed by atoms with van der Waals surface area (Å²) in [5.41, 5.74) is 0. The maximum Gasteiger partial charge on any atom is 0.203 e. The zero-order chi connectivity index (χ0) is 14.5. The van der Waals surface area contributed by atoms with E-state index in [1.807, 2.05) is 0 Å². The van der Waals surface area contributed by atoms with Crippen molar-refractivity contribution in [2.45, 2.75) is 12.5 Å². The van der Waals surface area contributed by atoms with E-state index in [0.29, 0.717) is 6.61 Å². The van der Waals surface area contributed by atoms with Crippen molar-refractivity contribution in [1.82, 2.24) is 9.36 Å². The quantitative estimate of drug-likeness (QED) is 0.706. The van der Waals surface area contributed by atoms with Gasteiger partial charge in [-0.05, 0) is 22.9 Å². The molecule has 0 atom stereocenters. The molecular formula is C14H15N3OS3. The molecular weight excluding hydrogens is 322 g/mol. The predicted molar refractivity (Wildman–Crippen MR) is 89.6 cm³/mol. The molecule has 0 radical (unpaired) electrons. The van der Waals surface area contributed by atoms with Gasteiger partial charge in [0.1, 0.15) is 5.82 Å². The Hall–Kier alpha value is -1.28. The third kappa shape index (κ3) is 3.68. The molecule has 0 amide bonds. The highest BCUT2D eigenvalue weighted by Gasteiger charge is 2.18. The molecule has 3 rings (SSSR count). The topological polar surface area (TPSA) is 47.0 Å². The van der Waals surface area contributed by atoms with E-state index in [4.69, 9.17) is 4.74 Å². The number of nitrogens with one attached hydrogen (secondary N) is 1. The fraction of sp³-hybridized carbons (Fsp3) is 0.286. The highest BCUT2D eigenvalue weighted by Crippen LogP contribution is 2.32. The number of ether oxygens (including phenoxy) is 1. The lowest BCUT2D eigenvalue weighted by atomic mass is 10.2. The van der Waals surface area contributed by atoms with Crippen LogP contribution in [0.2, 0.25) is 0 Å². The van der Waals surface area contributed by atoms with Gasteiger partial charge in [0, 0.05) is 34.8 Å². The zero-order valence-electron chi connectivity index (χ0n) is 11.5. The Morgan fingerprint density at radius 2 is 1.90 bits per heavy atom. The van der Waals surface area contributed by atoms with E-state index in [-0.39, 0.29) is 6.04 Å². The van der Waals surface area contributed by atoms with E-state index in [0.717, 1.165) is 17.4 Å². The van der Waals surface area contributed by atoms with E-state index in [1.165, 1.54) is 21.3 Å². The first-order chi connectivity index (χ1) is 10.4. The van der Waals surface area contributed by atoms with Gasteiger partial charge in [-0.2, -0.15) is 4.37 Å². The van der Waals surface area contributed by atoms with Crippen LogP contribution in [0.5, 0.6) is 0 Å². The van der Waals surface area contributed by atoms with Crippen LogP contribution in [-0.2, 0) is 11.2 Å². The van der Waals surface area contributed by atoms with Crippen LogP contribution < -0.4 is 5.32 Å². The fourth-order valence-corrected chi connectivity index (χ4v) is 4.23. The number of nitrogens with zero attached hydrogens (tertiary/aromatic N) is 2. The molecule has 21 heavy (non-hydrogen) atoms. The molecule has 3 heterocycles. The number of rotatable bonds is 7. The summed E-state index contributed by atoms with van der Waals surface area (Å²) in [5, 5.41) is 8.56. The molecule has 0 unspecified atom stereocenters. The van der Waals surface area contributed by atoms with Crippen molar-refractivity contribution in [3.05, 3.63) is 50.6 Å². The SMILES string of the molecule is COCCc1nsc(NC(c2cccs2)c2cccs2)n1. The lowest BCUT2D eigenvalue weighted by molar-refractivity contribution is 0.201. The van der Waals surface area contributed by atoms with Crippen molar-refractivity contribution in [3.8, 4) is 0 Å². The van der Waals surface area contributed by atoms with Gasteiger partial charge in [0.15, 0.2) is 0 Å². The summed E-state index contributed by atoms with van der Waals surface area (Å²) < 4.78 is 9.43. The molecule has 0 aliphatic heterocycles. The minimum atomic E-state index is 0.147. The second-order valence-corrected chi connectivity index (χ2v) is 7.08. The molecule has 0 spiro atoms. The third-order valence-electron chi connectivity index (χ3n) is 2.92. The molecule has 0 aliphatic rings. The van der Waals surface area contributed by atoms with E-state index in [2.05, 4.69) is 49.7 Å². The number of anilines is 1. The summed E-state index contributed by atoms with van der Waals surface area (Å²) >= 11 is 4.90. The van der Waals surface area contributed by atoms with Gasteiger partial charge in [-0.3, -0.25) is 0 Å². The Balaban J connectivity index is 1.77. The van der Waals surface area contributed by atoms with Crippen LogP contribution in [0, 0.1) is 0 Å². The summed E-state index contributed by atoms with van der Waals surface area (Å²) in [4.78, 5) is 7.10. The lowest BCUT2D eigenvalue weighted by Crippen LogP contribution is -2.09. The molecule has 110 valence electrons. The highest BCUT2D eigenvalue weighted by atomic mass is 32.1. The second kappa shape index (κ2) is 7.13. The molecule has 0 saturated carbocycles. The molecule has 4 nitrogen and oxygen atoms in total. The molecule has 3 aromatic heterocycles. The number of hydrogen-bond acceptors (Lipinski definition) is 7. The molecule has 3 aromatic rings. The summed E-state index contributed by atoms with van der Waals surface area (Å²) in [5.74, 6) is 0.834. The fourth-order valence-electron chi connectivity index (χ4n) is 1.92. The average Bonchev–Trinajstić information content (AvgIpc) is 3.23. The smallest absolute Gasteiger partial charge is 0.203 e. The van der Waals surface area contributed by atoms with Crippen molar-refractivity contribution in [2.75, 3.05) is 19.0 Å². The maximum atomic E-state index is 5.06. The molecule has 0 aromatic carbocycles. The highest BCUT2D eigenvalue weighted by molar-refractivity contribution is 7.12. The number of thiophene rings is 2. The third-order valence-corrected chi connectivity index (χ3v) is 5.48. The minimum Gasteiger partial charge on any atom is -0.384 e. The van der Waals surface area contributed by atoms with Crippen molar-refractivity contribution >= 4 is 39.3 Å². The first-order valence-electron chi connectivity index (χ1n) is 6.51. The second-order valence-electron chi connectivity index (χ2n) is 4.37. The van der Waals surface area contributed by atoms with Gasteiger partial charge in [-0.1, -0.05) is 12.1 Å². The standard InChI is InChI=1S/C14H15N3OS3/c1-18-7-6-12-15-14(21-17-12)16-13(10-4-2-8-19-10)11-5-3-9-20-11/h2-5,8-9,13H,6-7H2,1H3,(H,15,16,17). The van der Waals surface area contributed by atoms with Crippen LogP contribution in [0.15, 0.2) is 35.0 Å². The average molecular weight is 337 g/mol. The van der Waals surface area contributed by atoms with Gasteiger partial charge in [0.05, 0.1) is 12.6 Å². The Morgan fingerprint density at radius 1 is 1.19 bits per heavy atom. The number of aromatic nitrogens is 2. The van der Waals surface area contributed by atoms with Crippen molar-refractivity contribution in [3.63, 3.8) is 0 Å². The van der Waals surface area contributed by atoms with Gasteiger partial charge >= 0.3 is 0 Å². The summed E-state index contributed by atoms with van der Waals surface area (Å²) in [6.07, 6.45) is 0.747. The molecule has 0 bridgehead atoms. The van der Waals surface area contributed by atoms with Gasteiger partial charge in [0.25, 0.3) is 0 Å². The van der Waals surface area contributed by atoms with Gasteiger partial charge in [-0.15, -0.1) is 22.7 Å². The van der Waals surface area contributed by atoms with E-state index >= 15 is 0 Å². The summed E-state index contributed by atoms with van der Waals surface area (Å²) in [6, 6.07) is 8.59. The molecule has 0 aliphatic carbocycles. The molecule has 0 fully saturated rings. The first kappa shape index (κ1) is 14.6. The Kier molecular flexibility index (Phi) is 4.97. The Labute approximate surface area is 135 Å². The minimum absolute atomic E-state index is 0.147. The Bertz CT molecular complexity index is 615. The van der Waals surface area contributed by atoms with Crippen LogP contribution in [0.25, 0.3) is 0 Å². The predicted octanol–water partition coefficient (Wildman–Crippen LogP) is 4.05. The maximum absolute atomic E-state index is 5.06. The van der Waals surface area contributed by atoms with E-state index in [9.17, 15) is 0 Å². The zero-order valence-corrected chi connectivity index (χ0v) is 13.9. The van der Waals surface area contributed by atoms with Crippen molar-refractivity contribution in [2.24, 2.45) is 0 Å². The Morgan fingerprint density at radius 3 is 2.48 bits per heavy atom. The number of methoxy groups -OCH3 is 1. The van der Waals surface area contributed by atoms with Gasteiger partial charge in [-0.25, -0.2) is 4.98 Å². The van der Waals surface area contributed by atoms with Crippen molar-refractivity contribution < 1.29 is 4.74 Å². The molecule has 1 N–H and O–H groups in total. The van der Waals surface area contributed by atoms with Crippen LogP contribution in [0.3, 0.4) is 0 Å². The number of hydrogen-bond donors (Lipinski definition) is 1. The van der Waals surface area contributed by atoms with Gasteiger partial charge < -0.3 is 10.1 Å². The van der Waals surface area contributed by atoms with Gasteiger partial charge in [0.2, 0.25) is 5.13 Å². The van der Waals surface area contributed by atoms with E-state index < -0.39 is 0 Å². The largest absolute Gasteiger partial charge is 0.384 e. The first-order valence-corrected chi connectivity index (χ1v) is 9.05. The lowest BCUT2D eigenvalue weighted by Gasteiger charge is -2.14. The van der Waals surface area contributed by atoms with E-state index in [1.54, 1.807) is 29.8 Å². The van der Waals surface area contributed by atoms with Crippen LogP contribution in [-0.4, -0.2) is 23.1 Å². The molecule has 0 saturated heterocycles. The van der Waals surface area contributed by atoms with Crippen molar-refractivity contribution in [1.29, 1.82) is 0 Å². The van der Waals surface area contributed by atoms with Crippen LogP contribution >= 0.6 is 34.2 Å².